The van der Waals surface area contributed by atoms with E-state index in [1.807, 2.05) is 6.07 Å². The van der Waals surface area contributed by atoms with Gasteiger partial charge in [0.25, 0.3) is 0 Å². The number of carbonyl (C=O) groups is 1. The molecule has 0 unspecified atom stereocenters. The summed E-state index contributed by atoms with van der Waals surface area (Å²) in [5, 5.41) is 3.15. The van der Waals surface area contributed by atoms with Crippen molar-refractivity contribution in [3.05, 3.63) is 18.5 Å². The van der Waals surface area contributed by atoms with Gasteiger partial charge in [0, 0.05) is 57.6 Å². The number of nitrogens with one attached hydrogen (secondary N) is 1. The van der Waals surface area contributed by atoms with E-state index >= 15 is 0 Å². The zero-order valence-electron chi connectivity index (χ0n) is 15.5. The Morgan fingerprint density at radius 1 is 1.16 bits per heavy atom. The molecule has 2 fully saturated rings. The van der Waals surface area contributed by atoms with Crippen molar-refractivity contribution in [1.29, 1.82) is 0 Å². The first-order valence-electron chi connectivity index (χ1n) is 9.64. The van der Waals surface area contributed by atoms with E-state index in [2.05, 4.69) is 38.9 Å². The van der Waals surface area contributed by atoms with E-state index in [9.17, 15) is 4.79 Å². The highest BCUT2D eigenvalue weighted by Gasteiger charge is 2.26. The molecule has 6 nitrogen and oxygen atoms in total. The van der Waals surface area contributed by atoms with Crippen LogP contribution in [0.4, 0.5) is 5.95 Å². The standard InChI is InChI=1S/C19H31N5O/c1-15-12-16(2)14-23(13-15)11-8-20-18(25)17-4-9-24(10-5-17)19-21-6-3-7-22-19/h3,6-7,15-17H,4-5,8-14H2,1-2H3,(H,20,25)/t15-,16+. The summed E-state index contributed by atoms with van der Waals surface area (Å²) in [5.74, 6) is 2.65. The van der Waals surface area contributed by atoms with Crippen molar-refractivity contribution in [3.63, 3.8) is 0 Å². The number of rotatable bonds is 5. The number of carbonyl (C=O) groups excluding carboxylic acids is 1. The van der Waals surface area contributed by atoms with Crippen LogP contribution in [-0.4, -0.2) is 60.0 Å². The SMILES string of the molecule is C[C@@H]1C[C@H](C)CN(CCNC(=O)C2CCN(c3ncccn3)CC2)C1. The van der Waals surface area contributed by atoms with Crippen molar-refractivity contribution < 1.29 is 4.79 Å². The predicted octanol–water partition coefficient (Wildman–Crippen LogP) is 1.79. The Labute approximate surface area is 151 Å². The van der Waals surface area contributed by atoms with Gasteiger partial charge < -0.3 is 15.1 Å². The molecular weight excluding hydrogens is 314 g/mol. The molecule has 1 aromatic heterocycles. The highest BCUT2D eigenvalue weighted by Crippen LogP contribution is 2.21. The van der Waals surface area contributed by atoms with Crippen LogP contribution in [-0.2, 0) is 4.79 Å². The summed E-state index contributed by atoms with van der Waals surface area (Å²) in [6, 6.07) is 1.83. The molecule has 0 saturated carbocycles. The van der Waals surface area contributed by atoms with Crippen LogP contribution < -0.4 is 10.2 Å². The Kier molecular flexibility index (Phi) is 6.24. The Balaban J connectivity index is 1.37. The van der Waals surface area contributed by atoms with Gasteiger partial charge in [-0.05, 0) is 37.2 Å². The van der Waals surface area contributed by atoms with E-state index in [1.54, 1.807) is 12.4 Å². The fourth-order valence-corrected chi connectivity index (χ4v) is 4.25. The summed E-state index contributed by atoms with van der Waals surface area (Å²) in [7, 11) is 0. The molecule has 2 saturated heterocycles. The summed E-state index contributed by atoms with van der Waals surface area (Å²) < 4.78 is 0. The fourth-order valence-electron chi connectivity index (χ4n) is 4.25. The number of aromatic nitrogens is 2. The first-order chi connectivity index (χ1) is 12.1. The van der Waals surface area contributed by atoms with E-state index < -0.39 is 0 Å². The molecule has 0 aliphatic carbocycles. The van der Waals surface area contributed by atoms with Crippen molar-refractivity contribution in [3.8, 4) is 0 Å². The van der Waals surface area contributed by atoms with Gasteiger partial charge in [-0.25, -0.2) is 9.97 Å². The second-order valence-corrected chi connectivity index (χ2v) is 7.81. The maximum Gasteiger partial charge on any atom is 0.225 e. The van der Waals surface area contributed by atoms with Crippen molar-refractivity contribution in [2.24, 2.45) is 17.8 Å². The molecule has 138 valence electrons. The number of likely N-dealkylation sites (tertiary alicyclic amines) is 1. The average molecular weight is 345 g/mol. The van der Waals surface area contributed by atoms with Crippen LogP contribution in [0.5, 0.6) is 0 Å². The second-order valence-electron chi connectivity index (χ2n) is 7.81. The van der Waals surface area contributed by atoms with E-state index in [0.717, 1.165) is 69.9 Å². The van der Waals surface area contributed by atoms with Gasteiger partial charge in [-0.2, -0.15) is 0 Å². The Bertz CT molecular complexity index is 534. The summed E-state index contributed by atoms with van der Waals surface area (Å²) >= 11 is 0. The third-order valence-electron chi connectivity index (χ3n) is 5.37. The van der Waals surface area contributed by atoms with E-state index in [-0.39, 0.29) is 11.8 Å². The molecule has 3 rings (SSSR count). The van der Waals surface area contributed by atoms with Crippen molar-refractivity contribution in [1.82, 2.24) is 20.2 Å². The number of anilines is 1. The van der Waals surface area contributed by atoms with Gasteiger partial charge >= 0.3 is 0 Å². The molecule has 1 aromatic rings. The molecule has 1 amide bonds. The number of nitrogens with zero attached hydrogens (tertiary/aromatic N) is 4. The minimum atomic E-state index is 0.124. The molecule has 3 heterocycles. The van der Waals surface area contributed by atoms with Gasteiger partial charge in [0.1, 0.15) is 0 Å². The first kappa shape index (κ1) is 18.1. The number of amides is 1. The van der Waals surface area contributed by atoms with Gasteiger partial charge in [0.15, 0.2) is 0 Å². The fraction of sp³-hybridized carbons (Fsp3) is 0.737. The minimum absolute atomic E-state index is 0.124. The maximum atomic E-state index is 12.4. The molecule has 2 aliphatic rings. The van der Waals surface area contributed by atoms with Crippen molar-refractivity contribution in [2.75, 3.05) is 44.2 Å². The first-order valence-corrected chi connectivity index (χ1v) is 9.64. The number of piperidine rings is 2. The van der Waals surface area contributed by atoms with E-state index in [0.29, 0.717) is 0 Å². The lowest BCUT2D eigenvalue weighted by molar-refractivity contribution is -0.125. The monoisotopic (exact) mass is 345 g/mol. The number of hydrogen-bond donors (Lipinski definition) is 1. The lowest BCUT2D eigenvalue weighted by Gasteiger charge is -2.35. The largest absolute Gasteiger partial charge is 0.355 e. The lowest BCUT2D eigenvalue weighted by Crippen LogP contribution is -2.45. The normalized spacial score (nSPS) is 25.8. The Hall–Kier alpha value is -1.69. The Morgan fingerprint density at radius 2 is 1.80 bits per heavy atom. The van der Waals surface area contributed by atoms with Gasteiger partial charge in [0.2, 0.25) is 11.9 Å². The molecule has 0 radical (unpaired) electrons. The molecule has 0 spiro atoms. The summed E-state index contributed by atoms with van der Waals surface area (Å²) in [6.07, 6.45) is 6.61. The topological polar surface area (TPSA) is 61.4 Å². The molecule has 2 aliphatic heterocycles. The van der Waals surface area contributed by atoms with Gasteiger partial charge in [0.05, 0.1) is 0 Å². The summed E-state index contributed by atoms with van der Waals surface area (Å²) in [4.78, 5) is 25.7. The van der Waals surface area contributed by atoms with Crippen molar-refractivity contribution >= 4 is 11.9 Å². The van der Waals surface area contributed by atoms with Crippen LogP contribution in [0.3, 0.4) is 0 Å². The number of hydrogen-bond acceptors (Lipinski definition) is 5. The van der Waals surface area contributed by atoms with Crippen LogP contribution in [0.15, 0.2) is 18.5 Å². The van der Waals surface area contributed by atoms with E-state index in [1.165, 1.54) is 6.42 Å². The molecule has 0 aromatic carbocycles. The lowest BCUT2D eigenvalue weighted by atomic mass is 9.92. The molecule has 0 bridgehead atoms. The molecule has 2 atom stereocenters. The highest BCUT2D eigenvalue weighted by atomic mass is 16.1. The van der Waals surface area contributed by atoms with Crippen molar-refractivity contribution in [2.45, 2.75) is 33.1 Å². The van der Waals surface area contributed by atoms with Gasteiger partial charge in [-0.15, -0.1) is 0 Å². The Morgan fingerprint density at radius 3 is 2.44 bits per heavy atom. The van der Waals surface area contributed by atoms with Crippen LogP contribution in [0.25, 0.3) is 0 Å². The zero-order chi connectivity index (χ0) is 17.6. The van der Waals surface area contributed by atoms with Crippen LogP contribution in [0.2, 0.25) is 0 Å². The zero-order valence-corrected chi connectivity index (χ0v) is 15.5. The third-order valence-corrected chi connectivity index (χ3v) is 5.37. The second kappa shape index (κ2) is 8.61. The van der Waals surface area contributed by atoms with Gasteiger partial charge in [-0.3, -0.25) is 4.79 Å². The minimum Gasteiger partial charge on any atom is -0.355 e. The quantitative estimate of drug-likeness (QED) is 0.881. The molecule has 25 heavy (non-hydrogen) atoms. The molecule has 6 heteroatoms. The summed E-state index contributed by atoms with van der Waals surface area (Å²) in [5.41, 5.74) is 0. The van der Waals surface area contributed by atoms with E-state index in [4.69, 9.17) is 0 Å². The average Bonchev–Trinajstić information content (AvgIpc) is 2.62. The highest BCUT2D eigenvalue weighted by molar-refractivity contribution is 5.78. The third kappa shape index (κ3) is 5.14. The molecular formula is C19H31N5O. The molecule has 1 N–H and O–H groups in total. The smallest absolute Gasteiger partial charge is 0.225 e. The predicted molar refractivity (Wildman–Crippen MR) is 99.4 cm³/mol. The summed E-state index contributed by atoms with van der Waals surface area (Å²) in [6.45, 7) is 10.4. The maximum absolute atomic E-state index is 12.4. The van der Waals surface area contributed by atoms with Crippen LogP contribution in [0.1, 0.15) is 33.1 Å². The van der Waals surface area contributed by atoms with Crippen LogP contribution in [0, 0.1) is 17.8 Å². The van der Waals surface area contributed by atoms with Crippen LogP contribution >= 0.6 is 0 Å². The van der Waals surface area contributed by atoms with Gasteiger partial charge in [-0.1, -0.05) is 13.8 Å².